The third-order valence-electron chi connectivity index (χ3n) is 3.42. The highest BCUT2D eigenvalue weighted by Gasteiger charge is 2.32. The van der Waals surface area contributed by atoms with Gasteiger partial charge in [-0.3, -0.25) is 4.90 Å². The zero-order valence-electron chi connectivity index (χ0n) is 11.0. The molecule has 0 aromatic carbocycles. The van der Waals surface area contributed by atoms with Crippen LogP contribution in [-0.2, 0) is 6.42 Å². The van der Waals surface area contributed by atoms with Gasteiger partial charge in [-0.2, -0.15) is 0 Å². The van der Waals surface area contributed by atoms with Crippen LogP contribution in [-0.4, -0.2) is 34.7 Å². The summed E-state index contributed by atoms with van der Waals surface area (Å²) in [5, 5.41) is 10.4. The van der Waals surface area contributed by atoms with Crippen molar-refractivity contribution in [2.45, 2.75) is 45.8 Å². The van der Waals surface area contributed by atoms with Crippen molar-refractivity contribution in [2.24, 2.45) is 0 Å². The molecule has 1 atom stereocenters. The van der Waals surface area contributed by atoms with Crippen molar-refractivity contribution in [3.05, 3.63) is 21.3 Å². The number of hydrogen-bond donors (Lipinski definition) is 1. The van der Waals surface area contributed by atoms with Crippen molar-refractivity contribution < 1.29 is 5.11 Å². The van der Waals surface area contributed by atoms with Crippen LogP contribution in [0.2, 0.25) is 4.34 Å². The fourth-order valence-corrected chi connectivity index (χ4v) is 3.28. The van der Waals surface area contributed by atoms with Crippen LogP contribution in [0.3, 0.4) is 0 Å². The van der Waals surface area contributed by atoms with Gasteiger partial charge in [0.15, 0.2) is 0 Å². The van der Waals surface area contributed by atoms with E-state index in [9.17, 15) is 5.11 Å². The Hall–Kier alpha value is -0.0900. The molecule has 1 unspecified atom stereocenters. The summed E-state index contributed by atoms with van der Waals surface area (Å²) in [5.74, 6) is 0. The maximum atomic E-state index is 10.4. The smallest absolute Gasteiger partial charge is 0.0931 e. The highest BCUT2D eigenvalue weighted by Crippen LogP contribution is 2.27. The second kappa shape index (κ2) is 6.19. The minimum absolute atomic E-state index is 0.208. The van der Waals surface area contributed by atoms with E-state index in [1.807, 2.05) is 12.1 Å². The van der Waals surface area contributed by atoms with Gasteiger partial charge >= 0.3 is 0 Å². The van der Waals surface area contributed by atoms with Crippen molar-refractivity contribution in [3.63, 3.8) is 0 Å². The number of likely N-dealkylation sites (N-methyl/N-ethyl adjacent to an activating group) is 1. The molecule has 0 saturated carbocycles. The molecule has 1 heterocycles. The summed E-state index contributed by atoms with van der Waals surface area (Å²) in [5.41, 5.74) is -0.208. The maximum Gasteiger partial charge on any atom is 0.0931 e. The van der Waals surface area contributed by atoms with E-state index in [4.69, 9.17) is 11.6 Å². The molecule has 1 aromatic rings. The molecule has 4 heteroatoms. The van der Waals surface area contributed by atoms with Crippen molar-refractivity contribution in [1.82, 2.24) is 4.90 Å². The van der Waals surface area contributed by atoms with E-state index in [-0.39, 0.29) is 11.6 Å². The largest absolute Gasteiger partial charge is 0.391 e. The minimum Gasteiger partial charge on any atom is -0.391 e. The lowest BCUT2D eigenvalue weighted by molar-refractivity contribution is -0.00373. The molecule has 0 aliphatic carbocycles. The predicted molar refractivity (Wildman–Crippen MR) is 76.0 cm³/mol. The Balaban J connectivity index is 2.71. The Bertz CT molecular complexity index is 347. The summed E-state index contributed by atoms with van der Waals surface area (Å²) >= 11 is 7.45. The fourth-order valence-electron chi connectivity index (χ4n) is 2.15. The summed E-state index contributed by atoms with van der Waals surface area (Å²) < 4.78 is 0.785. The van der Waals surface area contributed by atoms with Crippen LogP contribution in [0.1, 0.15) is 32.6 Å². The van der Waals surface area contributed by atoms with Gasteiger partial charge in [0.1, 0.15) is 0 Å². The first-order valence-electron chi connectivity index (χ1n) is 6.09. The molecule has 98 valence electrons. The Kier molecular flexibility index (Phi) is 5.45. The second-order valence-electron chi connectivity index (χ2n) is 4.75. The number of halogens is 1. The maximum absolute atomic E-state index is 10.4. The number of aliphatic hydroxyl groups excluding tert-OH is 1. The lowest BCUT2D eigenvalue weighted by Gasteiger charge is -2.40. The molecule has 0 aliphatic heterocycles. The van der Waals surface area contributed by atoms with Gasteiger partial charge in [0.05, 0.1) is 10.4 Å². The summed E-state index contributed by atoms with van der Waals surface area (Å²) in [7, 11) is 0. The first kappa shape index (κ1) is 15.0. The Labute approximate surface area is 113 Å². The molecule has 0 saturated heterocycles. The summed E-state index contributed by atoms with van der Waals surface area (Å²) in [6, 6.07) is 3.88. The Morgan fingerprint density at radius 2 is 1.94 bits per heavy atom. The lowest BCUT2D eigenvalue weighted by Crippen LogP contribution is -2.53. The highest BCUT2D eigenvalue weighted by atomic mass is 35.5. The normalized spacial score (nSPS) is 14.3. The quantitative estimate of drug-likeness (QED) is 0.860. The zero-order valence-corrected chi connectivity index (χ0v) is 12.6. The number of aliphatic hydroxyl groups is 1. The molecule has 0 spiro atoms. The highest BCUT2D eigenvalue weighted by molar-refractivity contribution is 7.16. The van der Waals surface area contributed by atoms with Gasteiger partial charge in [0.25, 0.3) is 0 Å². The number of thiophene rings is 1. The topological polar surface area (TPSA) is 23.5 Å². The number of hydrogen-bond acceptors (Lipinski definition) is 3. The van der Waals surface area contributed by atoms with E-state index in [0.717, 1.165) is 22.3 Å². The Morgan fingerprint density at radius 1 is 1.35 bits per heavy atom. The minimum atomic E-state index is -0.378. The van der Waals surface area contributed by atoms with Gasteiger partial charge in [-0.05, 0) is 39.1 Å². The summed E-state index contributed by atoms with van der Waals surface area (Å²) in [4.78, 5) is 3.43. The van der Waals surface area contributed by atoms with E-state index in [1.54, 1.807) is 11.3 Å². The van der Waals surface area contributed by atoms with Crippen LogP contribution in [0.5, 0.6) is 0 Å². The molecular weight excluding hydrogens is 254 g/mol. The monoisotopic (exact) mass is 275 g/mol. The van der Waals surface area contributed by atoms with Gasteiger partial charge < -0.3 is 5.11 Å². The molecule has 0 radical (unpaired) electrons. The molecule has 0 fully saturated rings. The zero-order chi connectivity index (χ0) is 13.1. The average molecular weight is 276 g/mol. The van der Waals surface area contributed by atoms with Gasteiger partial charge in [-0.25, -0.2) is 0 Å². The van der Waals surface area contributed by atoms with E-state index < -0.39 is 0 Å². The molecule has 1 rings (SSSR count). The van der Waals surface area contributed by atoms with E-state index in [0.29, 0.717) is 6.42 Å². The van der Waals surface area contributed by atoms with E-state index in [1.165, 1.54) is 0 Å². The van der Waals surface area contributed by atoms with Crippen molar-refractivity contribution in [2.75, 3.05) is 13.1 Å². The Morgan fingerprint density at radius 3 is 2.35 bits per heavy atom. The molecule has 0 aliphatic rings. The van der Waals surface area contributed by atoms with Crippen LogP contribution in [0.4, 0.5) is 0 Å². The van der Waals surface area contributed by atoms with Gasteiger partial charge in [-0.15, -0.1) is 11.3 Å². The SMILES string of the molecule is CCN(CC)C(C)(C)C(O)Cc1ccc(Cl)s1. The third kappa shape index (κ3) is 3.68. The standard InChI is InChI=1S/C13H22ClNOS/c1-5-15(6-2)13(3,4)11(16)9-10-7-8-12(14)17-10/h7-8,11,16H,5-6,9H2,1-4H3. The molecule has 17 heavy (non-hydrogen) atoms. The first-order valence-corrected chi connectivity index (χ1v) is 7.28. The van der Waals surface area contributed by atoms with Gasteiger partial charge in [-0.1, -0.05) is 25.4 Å². The molecular formula is C13H22ClNOS. The lowest BCUT2D eigenvalue weighted by atomic mass is 9.92. The second-order valence-corrected chi connectivity index (χ2v) is 6.55. The average Bonchev–Trinajstić information content (AvgIpc) is 2.65. The van der Waals surface area contributed by atoms with Crippen LogP contribution >= 0.6 is 22.9 Å². The van der Waals surface area contributed by atoms with E-state index >= 15 is 0 Å². The molecule has 1 aromatic heterocycles. The first-order chi connectivity index (χ1) is 7.91. The number of nitrogens with zero attached hydrogens (tertiary/aromatic N) is 1. The van der Waals surface area contributed by atoms with Crippen LogP contribution in [0.15, 0.2) is 12.1 Å². The van der Waals surface area contributed by atoms with E-state index in [2.05, 4.69) is 32.6 Å². The van der Waals surface area contributed by atoms with Crippen molar-refractivity contribution in [3.8, 4) is 0 Å². The summed E-state index contributed by atoms with van der Waals surface area (Å²) in [6.45, 7) is 10.3. The van der Waals surface area contributed by atoms with Crippen molar-refractivity contribution in [1.29, 1.82) is 0 Å². The van der Waals surface area contributed by atoms with Crippen molar-refractivity contribution >= 4 is 22.9 Å². The van der Waals surface area contributed by atoms with Crippen LogP contribution in [0, 0.1) is 0 Å². The fraction of sp³-hybridized carbons (Fsp3) is 0.692. The predicted octanol–water partition coefficient (Wildman–Crippen LogP) is 3.43. The van der Waals surface area contributed by atoms with Gasteiger partial charge in [0.2, 0.25) is 0 Å². The van der Waals surface area contributed by atoms with Crippen LogP contribution < -0.4 is 0 Å². The third-order valence-corrected chi connectivity index (χ3v) is 4.67. The molecule has 0 amide bonds. The molecule has 1 N–H and O–H groups in total. The molecule has 2 nitrogen and oxygen atoms in total. The summed E-state index contributed by atoms with van der Waals surface area (Å²) in [6.07, 6.45) is 0.290. The van der Waals surface area contributed by atoms with Gasteiger partial charge in [0, 0.05) is 16.8 Å². The molecule has 0 bridgehead atoms. The van der Waals surface area contributed by atoms with Crippen LogP contribution in [0.25, 0.3) is 0 Å². The number of rotatable bonds is 6.